The van der Waals surface area contributed by atoms with Crippen LogP contribution in [0, 0.1) is 13.8 Å². The van der Waals surface area contributed by atoms with E-state index in [4.69, 9.17) is 4.42 Å². The summed E-state index contributed by atoms with van der Waals surface area (Å²) in [6.07, 6.45) is 2.60. The Labute approximate surface area is 136 Å². The van der Waals surface area contributed by atoms with E-state index in [2.05, 4.69) is 5.32 Å². The molecule has 0 aliphatic heterocycles. The standard InChI is InChI=1S/C16H20N2O4S/c1-12-6-7-15(13(2)9-12)18(23(3,20)21)11-16(19)17-10-14-5-4-8-22-14/h4-9H,10-11H2,1-3H3,(H,17,19). The molecule has 0 atom stereocenters. The van der Waals surface area contributed by atoms with Crippen LogP contribution in [0.25, 0.3) is 0 Å². The Hall–Kier alpha value is -2.28. The quantitative estimate of drug-likeness (QED) is 0.875. The van der Waals surface area contributed by atoms with Crippen LogP contribution in [-0.2, 0) is 21.4 Å². The smallest absolute Gasteiger partial charge is 0.241 e. The number of hydrogen-bond acceptors (Lipinski definition) is 4. The zero-order valence-electron chi connectivity index (χ0n) is 13.4. The minimum Gasteiger partial charge on any atom is -0.467 e. The lowest BCUT2D eigenvalue weighted by Gasteiger charge is -2.23. The fourth-order valence-corrected chi connectivity index (χ4v) is 3.17. The summed E-state index contributed by atoms with van der Waals surface area (Å²) in [6, 6.07) is 8.87. The third kappa shape index (κ3) is 4.59. The number of carbonyl (C=O) groups is 1. The van der Waals surface area contributed by atoms with Crippen LogP contribution in [0.15, 0.2) is 41.0 Å². The van der Waals surface area contributed by atoms with Crippen molar-refractivity contribution >= 4 is 21.6 Å². The zero-order valence-corrected chi connectivity index (χ0v) is 14.2. The molecular weight excluding hydrogens is 316 g/mol. The van der Waals surface area contributed by atoms with E-state index < -0.39 is 15.9 Å². The van der Waals surface area contributed by atoms with Gasteiger partial charge in [0.2, 0.25) is 15.9 Å². The van der Waals surface area contributed by atoms with Crippen molar-refractivity contribution < 1.29 is 17.6 Å². The molecule has 1 amide bonds. The number of anilines is 1. The first-order valence-corrected chi connectivity index (χ1v) is 8.96. The highest BCUT2D eigenvalue weighted by atomic mass is 32.2. The van der Waals surface area contributed by atoms with E-state index in [1.54, 1.807) is 18.2 Å². The monoisotopic (exact) mass is 336 g/mol. The van der Waals surface area contributed by atoms with Crippen LogP contribution >= 0.6 is 0 Å². The predicted molar refractivity (Wildman–Crippen MR) is 88.7 cm³/mol. The first kappa shape index (κ1) is 17.1. The fraction of sp³-hybridized carbons (Fsp3) is 0.312. The summed E-state index contributed by atoms with van der Waals surface area (Å²) in [5, 5.41) is 2.65. The molecule has 1 aromatic heterocycles. The van der Waals surface area contributed by atoms with Gasteiger partial charge in [-0.15, -0.1) is 0 Å². The number of hydrogen-bond donors (Lipinski definition) is 1. The number of nitrogens with zero attached hydrogens (tertiary/aromatic N) is 1. The van der Waals surface area contributed by atoms with Gasteiger partial charge < -0.3 is 9.73 Å². The molecule has 0 spiro atoms. The number of amides is 1. The number of rotatable bonds is 6. The van der Waals surface area contributed by atoms with Crippen LogP contribution in [0.1, 0.15) is 16.9 Å². The summed E-state index contributed by atoms with van der Waals surface area (Å²) in [6.45, 7) is 3.69. The van der Waals surface area contributed by atoms with Gasteiger partial charge in [0.05, 0.1) is 24.8 Å². The number of benzene rings is 1. The lowest BCUT2D eigenvalue weighted by Crippen LogP contribution is -2.40. The van der Waals surface area contributed by atoms with Gasteiger partial charge in [-0.3, -0.25) is 9.10 Å². The Kier molecular flexibility index (Phi) is 5.10. The number of sulfonamides is 1. The largest absolute Gasteiger partial charge is 0.467 e. The van der Waals surface area contributed by atoms with Crippen LogP contribution in [0.5, 0.6) is 0 Å². The van der Waals surface area contributed by atoms with Gasteiger partial charge in [-0.2, -0.15) is 0 Å². The van der Waals surface area contributed by atoms with Crippen LogP contribution in [0.3, 0.4) is 0 Å². The molecule has 2 rings (SSSR count). The van der Waals surface area contributed by atoms with Crippen LogP contribution in [0.4, 0.5) is 5.69 Å². The lowest BCUT2D eigenvalue weighted by atomic mass is 10.1. The highest BCUT2D eigenvalue weighted by molar-refractivity contribution is 7.92. The van der Waals surface area contributed by atoms with Gasteiger partial charge >= 0.3 is 0 Å². The van der Waals surface area contributed by atoms with Gasteiger partial charge in [-0.05, 0) is 37.6 Å². The summed E-state index contributed by atoms with van der Waals surface area (Å²) in [5.41, 5.74) is 2.34. The van der Waals surface area contributed by atoms with Crippen molar-refractivity contribution in [1.29, 1.82) is 0 Å². The first-order valence-electron chi connectivity index (χ1n) is 7.11. The van der Waals surface area contributed by atoms with Crippen molar-refractivity contribution in [2.45, 2.75) is 20.4 Å². The summed E-state index contributed by atoms with van der Waals surface area (Å²) in [5.74, 6) is 0.211. The zero-order chi connectivity index (χ0) is 17.0. The van der Waals surface area contributed by atoms with E-state index >= 15 is 0 Å². The Balaban J connectivity index is 2.14. The molecule has 0 saturated carbocycles. The summed E-state index contributed by atoms with van der Waals surface area (Å²) in [7, 11) is -3.57. The molecule has 124 valence electrons. The van der Waals surface area contributed by atoms with Crippen LogP contribution in [0.2, 0.25) is 0 Å². The average Bonchev–Trinajstić information content (AvgIpc) is 2.95. The van der Waals surface area contributed by atoms with E-state index in [-0.39, 0.29) is 13.1 Å². The molecule has 1 heterocycles. The molecule has 0 bridgehead atoms. The van der Waals surface area contributed by atoms with Crippen molar-refractivity contribution in [2.24, 2.45) is 0 Å². The molecule has 1 aromatic carbocycles. The lowest BCUT2D eigenvalue weighted by molar-refractivity contribution is -0.119. The average molecular weight is 336 g/mol. The molecule has 0 unspecified atom stereocenters. The second-order valence-corrected chi connectivity index (χ2v) is 7.32. The SMILES string of the molecule is Cc1ccc(N(CC(=O)NCc2ccco2)S(C)(=O)=O)c(C)c1. The van der Waals surface area contributed by atoms with Gasteiger partial charge in [-0.1, -0.05) is 17.7 Å². The molecule has 0 aliphatic rings. The molecule has 0 aliphatic carbocycles. The van der Waals surface area contributed by atoms with Crippen molar-refractivity contribution in [3.8, 4) is 0 Å². The van der Waals surface area contributed by atoms with Gasteiger partial charge in [0.25, 0.3) is 0 Å². The van der Waals surface area contributed by atoms with E-state index in [9.17, 15) is 13.2 Å². The minimum absolute atomic E-state index is 0.219. The van der Waals surface area contributed by atoms with Gasteiger partial charge in [0.1, 0.15) is 12.3 Å². The summed E-state index contributed by atoms with van der Waals surface area (Å²) < 4.78 is 30.4. The molecule has 6 nitrogen and oxygen atoms in total. The Morgan fingerprint density at radius 2 is 2.00 bits per heavy atom. The van der Waals surface area contributed by atoms with E-state index in [1.165, 1.54) is 6.26 Å². The Morgan fingerprint density at radius 1 is 1.26 bits per heavy atom. The predicted octanol–water partition coefficient (Wildman–Crippen LogP) is 1.98. The van der Waals surface area contributed by atoms with Gasteiger partial charge in [0.15, 0.2) is 0 Å². The molecule has 23 heavy (non-hydrogen) atoms. The molecular formula is C16H20N2O4S. The molecule has 1 N–H and O–H groups in total. The van der Waals surface area contributed by atoms with E-state index in [0.29, 0.717) is 11.4 Å². The topological polar surface area (TPSA) is 79.6 Å². The van der Waals surface area contributed by atoms with Gasteiger partial charge in [0, 0.05) is 0 Å². The molecule has 0 radical (unpaired) electrons. The number of carbonyl (C=O) groups excluding carboxylic acids is 1. The molecule has 2 aromatic rings. The van der Waals surface area contributed by atoms with E-state index in [1.807, 2.05) is 26.0 Å². The number of nitrogens with one attached hydrogen (secondary N) is 1. The highest BCUT2D eigenvalue weighted by Crippen LogP contribution is 2.23. The van der Waals surface area contributed by atoms with Crippen LogP contribution in [-0.4, -0.2) is 27.1 Å². The minimum atomic E-state index is -3.57. The maximum Gasteiger partial charge on any atom is 0.241 e. The second-order valence-electron chi connectivity index (χ2n) is 5.42. The fourth-order valence-electron chi connectivity index (χ4n) is 2.25. The third-order valence-corrected chi connectivity index (χ3v) is 4.47. The van der Waals surface area contributed by atoms with Crippen molar-refractivity contribution in [1.82, 2.24) is 5.32 Å². The second kappa shape index (κ2) is 6.87. The maximum atomic E-state index is 12.1. The summed E-state index contributed by atoms with van der Waals surface area (Å²) >= 11 is 0. The molecule has 7 heteroatoms. The van der Waals surface area contributed by atoms with Crippen molar-refractivity contribution in [3.05, 3.63) is 53.5 Å². The maximum absolute atomic E-state index is 12.1. The Bertz CT molecular complexity index is 782. The van der Waals surface area contributed by atoms with Crippen molar-refractivity contribution in [3.63, 3.8) is 0 Å². The first-order chi connectivity index (χ1) is 10.8. The highest BCUT2D eigenvalue weighted by Gasteiger charge is 2.22. The van der Waals surface area contributed by atoms with Crippen LogP contribution < -0.4 is 9.62 Å². The normalized spacial score (nSPS) is 11.3. The number of furan rings is 1. The van der Waals surface area contributed by atoms with Gasteiger partial charge in [-0.25, -0.2) is 8.42 Å². The van der Waals surface area contributed by atoms with Crippen molar-refractivity contribution in [2.75, 3.05) is 17.1 Å². The Morgan fingerprint density at radius 3 is 2.57 bits per heavy atom. The molecule has 0 saturated heterocycles. The van der Waals surface area contributed by atoms with E-state index in [0.717, 1.165) is 21.7 Å². The molecule has 0 fully saturated rings. The third-order valence-electron chi connectivity index (χ3n) is 3.35. The number of aryl methyl sites for hydroxylation is 2. The summed E-state index contributed by atoms with van der Waals surface area (Å²) in [4.78, 5) is 12.1.